The molecule has 4 heteroatoms. The van der Waals surface area contributed by atoms with E-state index in [1.165, 1.54) is 0 Å². The second kappa shape index (κ2) is 5.71. The van der Waals surface area contributed by atoms with Crippen molar-refractivity contribution < 1.29 is 4.79 Å². The summed E-state index contributed by atoms with van der Waals surface area (Å²) in [5.41, 5.74) is 5.69. The standard InChI is InChI=1S/C13H27N3O/c1-11-5-7-16(8-6-11)12(17)15(4)10-13(2,3)9-14/h11H,5-10,14H2,1-4H3. The molecule has 1 rings (SSSR count). The zero-order valence-electron chi connectivity index (χ0n) is 11.7. The van der Waals surface area contributed by atoms with Gasteiger partial charge >= 0.3 is 6.03 Å². The molecule has 0 bridgehead atoms. The molecule has 17 heavy (non-hydrogen) atoms. The van der Waals surface area contributed by atoms with Gasteiger partial charge in [-0.2, -0.15) is 0 Å². The Balaban J connectivity index is 2.46. The molecular weight excluding hydrogens is 214 g/mol. The Morgan fingerprint density at radius 3 is 2.41 bits per heavy atom. The third-order valence-electron chi connectivity index (χ3n) is 3.60. The number of carbonyl (C=O) groups is 1. The first-order valence-electron chi connectivity index (χ1n) is 6.56. The van der Waals surface area contributed by atoms with Crippen LogP contribution in [0.15, 0.2) is 0 Å². The van der Waals surface area contributed by atoms with Gasteiger partial charge < -0.3 is 15.5 Å². The quantitative estimate of drug-likeness (QED) is 0.818. The Morgan fingerprint density at radius 1 is 1.41 bits per heavy atom. The Labute approximate surface area is 105 Å². The van der Waals surface area contributed by atoms with Gasteiger partial charge in [0.2, 0.25) is 0 Å². The number of amides is 2. The minimum Gasteiger partial charge on any atom is -0.330 e. The highest BCUT2D eigenvalue weighted by Crippen LogP contribution is 2.19. The largest absolute Gasteiger partial charge is 0.330 e. The van der Waals surface area contributed by atoms with E-state index in [0.29, 0.717) is 13.1 Å². The van der Waals surface area contributed by atoms with Crippen LogP contribution in [0.3, 0.4) is 0 Å². The highest BCUT2D eigenvalue weighted by molar-refractivity contribution is 5.74. The van der Waals surface area contributed by atoms with Crippen LogP contribution >= 0.6 is 0 Å². The van der Waals surface area contributed by atoms with Crippen LogP contribution in [-0.2, 0) is 0 Å². The molecule has 1 fully saturated rings. The summed E-state index contributed by atoms with van der Waals surface area (Å²) >= 11 is 0. The Morgan fingerprint density at radius 2 is 1.94 bits per heavy atom. The Hall–Kier alpha value is -0.770. The highest BCUT2D eigenvalue weighted by atomic mass is 16.2. The van der Waals surface area contributed by atoms with E-state index in [2.05, 4.69) is 20.8 Å². The summed E-state index contributed by atoms with van der Waals surface area (Å²) in [6.07, 6.45) is 2.25. The van der Waals surface area contributed by atoms with E-state index in [-0.39, 0.29) is 11.4 Å². The van der Waals surface area contributed by atoms with Crippen LogP contribution in [0.5, 0.6) is 0 Å². The van der Waals surface area contributed by atoms with Gasteiger partial charge in [-0.15, -0.1) is 0 Å². The van der Waals surface area contributed by atoms with Gasteiger partial charge in [0, 0.05) is 26.7 Å². The van der Waals surface area contributed by atoms with E-state index < -0.39 is 0 Å². The molecule has 0 unspecified atom stereocenters. The molecule has 4 nitrogen and oxygen atoms in total. The summed E-state index contributed by atoms with van der Waals surface area (Å²) in [6, 6.07) is 0.151. The number of nitrogens with zero attached hydrogens (tertiary/aromatic N) is 2. The van der Waals surface area contributed by atoms with Crippen molar-refractivity contribution in [3.05, 3.63) is 0 Å². The highest BCUT2D eigenvalue weighted by Gasteiger charge is 2.26. The van der Waals surface area contributed by atoms with Gasteiger partial charge in [0.1, 0.15) is 0 Å². The number of urea groups is 1. The lowest BCUT2D eigenvalue weighted by Crippen LogP contribution is -2.48. The minimum absolute atomic E-state index is 0.00646. The first-order chi connectivity index (χ1) is 7.85. The first-order valence-corrected chi connectivity index (χ1v) is 6.56. The molecule has 0 aromatic carbocycles. The maximum Gasteiger partial charge on any atom is 0.319 e. The molecule has 0 radical (unpaired) electrons. The van der Waals surface area contributed by atoms with Crippen LogP contribution in [0, 0.1) is 11.3 Å². The molecule has 100 valence electrons. The number of hydrogen-bond donors (Lipinski definition) is 1. The van der Waals surface area contributed by atoms with E-state index in [9.17, 15) is 4.79 Å². The molecule has 2 amide bonds. The number of likely N-dealkylation sites (tertiary alicyclic amines) is 1. The minimum atomic E-state index is -0.00646. The number of piperidine rings is 1. The lowest BCUT2D eigenvalue weighted by atomic mass is 9.93. The molecule has 0 spiro atoms. The monoisotopic (exact) mass is 241 g/mol. The molecule has 0 aliphatic carbocycles. The average Bonchev–Trinajstić information content (AvgIpc) is 2.28. The zero-order valence-corrected chi connectivity index (χ0v) is 11.7. The zero-order chi connectivity index (χ0) is 13.1. The molecule has 1 saturated heterocycles. The lowest BCUT2D eigenvalue weighted by Gasteiger charge is -2.36. The number of hydrogen-bond acceptors (Lipinski definition) is 2. The van der Waals surface area contributed by atoms with E-state index in [4.69, 9.17) is 5.73 Å². The topological polar surface area (TPSA) is 49.6 Å². The summed E-state index contributed by atoms with van der Waals surface area (Å²) in [7, 11) is 1.87. The van der Waals surface area contributed by atoms with Gasteiger partial charge in [-0.25, -0.2) is 4.79 Å². The van der Waals surface area contributed by atoms with Gasteiger partial charge in [0.25, 0.3) is 0 Å². The summed E-state index contributed by atoms with van der Waals surface area (Å²) in [5, 5.41) is 0. The van der Waals surface area contributed by atoms with Crippen molar-refractivity contribution in [2.45, 2.75) is 33.6 Å². The van der Waals surface area contributed by atoms with Crippen LogP contribution < -0.4 is 5.73 Å². The van der Waals surface area contributed by atoms with Crippen molar-refractivity contribution in [1.29, 1.82) is 0 Å². The smallest absolute Gasteiger partial charge is 0.319 e. The van der Waals surface area contributed by atoms with Crippen molar-refractivity contribution in [2.24, 2.45) is 17.1 Å². The number of nitrogens with two attached hydrogens (primary N) is 1. The van der Waals surface area contributed by atoms with Crippen LogP contribution in [0.1, 0.15) is 33.6 Å². The van der Waals surface area contributed by atoms with Gasteiger partial charge in [0.05, 0.1) is 0 Å². The maximum absolute atomic E-state index is 12.2. The van der Waals surface area contributed by atoms with E-state index in [1.807, 2.05) is 16.8 Å². The molecule has 2 N–H and O–H groups in total. The fourth-order valence-corrected chi connectivity index (χ4v) is 2.22. The van der Waals surface area contributed by atoms with E-state index in [0.717, 1.165) is 31.8 Å². The van der Waals surface area contributed by atoms with Crippen LogP contribution in [0.2, 0.25) is 0 Å². The maximum atomic E-state index is 12.2. The number of rotatable bonds is 3. The summed E-state index contributed by atoms with van der Waals surface area (Å²) in [5.74, 6) is 0.754. The molecule has 0 saturated carbocycles. The van der Waals surface area contributed by atoms with Crippen molar-refractivity contribution in [3.8, 4) is 0 Å². The van der Waals surface area contributed by atoms with Crippen LogP contribution in [-0.4, -0.2) is 49.1 Å². The third-order valence-corrected chi connectivity index (χ3v) is 3.60. The molecule has 0 aromatic rings. The fourth-order valence-electron chi connectivity index (χ4n) is 2.22. The Bertz CT molecular complexity index is 257. The molecule has 1 aliphatic heterocycles. The molecule has 1 aliphatic rings. The van der Waals surface area contributed by atoms with Gasteiger partial charge in [-0.1, -0.05) is 20.8 Å². The van der Waals surface area contributed by atoms with Crippen molar-refractivity contribution in [1.82, 2.24) is 9.80 Å². The van der Waals surface area contributed by atoms with Crippen molar-refractivity contribution >= 4 is 6.03 Å². The second-order valence-corrected chi connectivity index (χ2v) is 6.18. The molecule has 1 heterocycles. The summed E-state index contributed by atoms with van der Waals surface area (Å²) < 4.78 is 0. The van der Waals surface area contributed by atoms with Gasteiger partial charge in [0.15, 0.2) is 0 Å². The molecule has 0 atom stereocenters. The third kappa shape index (κ3) is 4.19. The lowest BCUT2D eigenvalue weighted by molar-refractivity contribution is 0.129. The normalized spacial score (nSPS) is 18.3. The predicted octanol–water partition coefficient (Wildman–Crippen LogP) is 1.76. The van der Waals surface area contributed by atoms with Gasteiger partial charge in [-0.3, -0.25) is 0 Å². The first kappa shape index (κ1) is 14.3. The van der Waals surface area contributed by atoms with Gasteiger partial charge in [-0.05, 0) is 30.7 Å². The van der Waals surface area contributed by atoms with Crippen molar-refractivity contribution in [3.63, 3.8) is 0 Å². The van der Waals surface area contributed by atoms with E-state index in [1.54, 1.807) is 0 Å². The average molecular weight is 241 g/mol. The van der Waals surface area contributed by atoms with Crippen LogP contribution in [0.4, 0.5) is 4.79 Å². The predicted molar refractivity (Wildman–Crippen MR) is 70.8 cm³/mol. The van der Waals surface area contributed by atoms with E-state index >= 15 is 0 Å². The Kier molecular flexibility index (Phi) is 4.80. The van der Waals surface area contributed by atoms with Crippen molar-refractivity contribution in [2.75, 3.05) is 33.2 Å². The molecular formula is C13H27N3O. The number of carbonyl (C=O) groups excluding carboxylic acids is 1. The van der Waals surface area contributed by atoms with Crippen LogP contribution in [0.25, 0.3) is 0 Å². The fraction of sp³-hybridized carbons (Fsp3) is 0.923. The summed E-state index contributed by atoms with van der Waals surface area (Å²) in [6.45, 7) is 9.55. The SMILES string of the molecule is CC1CCN(C(=O)N(C)CC(C)(C)CN)CC1. The molecule has 0 aromatic heterocycles. The summed E-state index contributed by atoms with van der Waals surface area (Å²) in [4.78, 5) is 16.0. The second-order valence-electron chi connectivity index (χ2n) is 6.18.